The Morgan fingerprint density at radius 3 is 0.102 bits per heavy atom. The Hall–Kier alpha value is 78.8. The molecule has 0 aliphatic carbocycles. The summed E-state index contributed by atoms with van der Waals surface area (Å²) in [6.45, 7) is 0. The van der Waals surface area contributed by atoms with Gasteiger partial charge < -0.3 is 0 Å². The fourth-order valence-electron chi connectivity index (χ4n) is 1.57. The summed E-state index contributed by atoms with van der Waals surface area (Å²) in [7, 11) is -32.9. The first kappa shape index (κ1) is 187. The third kappa shape index (κ3) is 75.9. The summed E-state index contributed by atoms with van der Waals surface area (Å²) in [4.78, 5) is 0. The molecule has 0 rings (SSSR count). The first-order chi connectivity index (χ1) is 49.1. The van der Waals surface area contributed by atoms with Crippen LogP contribution in [0.1, 0.15) is 0 Å². The van der Waals surface area contributed by atoms with Crippen molar-refractivity contribution in [2.75, 3.05) is 0 Å². The van der Waals surface area contributed by atoms with Gasteiger partial charge in [0.15, 0.2) is 0 Å². The molecule has 0 spiro atoms. The molecule has 0 atom stereocenters. The summed E-state index contributed by atoms with van der Waals surface area (Å²) in [5.41, 5.74) is 0. The van der Waals surface area contributed by atoms with Crippen molar-refractivity contribution in [3.63, 3.8) is 0 Å². The molecule has 0 saturated heterocycles. The molecule has 0 heterocycles. The summed E-state index contributed by atoms with van der Waals surface area (Å²) in [6, 6.07) is 0. The number of hydrogen-bond acceptors (Lipinski definition) is 0. The molecule has 0 aliphatic rings. The molecule has 0 fully saturated rings. The Kier molecular flexibility index (Phi) is 194. The summed E-state index contributed by atoms with van der Waals surface area (Å²) in [5.74, 6) is 0. The van der Waals surface area contributed by atoms with Gasteiger partial charge in [-0.05, 0) is 0 Å². The first-order valence-electron chi connectivity index (χ1n) is 15.3. The Bertz CT molecular complexity index is 2140. The van der Waals surface area contributed by atoms with E-state index in [0.29, 0.717) is 0 Å². The molecule has 0 unspecified atom stereocenters. The van der Waals surface area contributed by atoms with E-state index in [1.54, 1.807) is 0 Å². The maximum absolute atomic E-state index is 3.49. The third-order valence-corrected chi connectivity index (χ3v) is 8600. The Labute approximate surface area is 1350 Å². The van der Waals surface area contributed by atoms with Crippen molar-refractivity contribution in [1.82, 2.24) is 0 Å². The van der Waals surface area contributed by atoms with Crippen molar-refractivity contribution < 1.29 is 0 Å². The van der Waals surface area contributed by atoms with Gasteiger partial charge in [-0.2, -0.15) is 0 Å². The SMILES string of the molecule is II(I)I(I)I(I)I(I)I(I)I(I)I(I)I(I)I(I)I(I)I(I)I(I)I(I)I(I)I(I)I(I)I(I)I(I)I(I)I(I)I(I)I(I)I(I)I(I)I(I)I(I)I(I)I(I)I(I)I(I)I(I)I(I)I(I)I(I)I(I)I(I)I(I)I(I)I(I)I(I)I(I)I(I)I(I)I(I)I(I)I(I)I(I)I(I)I(I)I(I)I(I)I(I)I(I)I. The topological polar surface area (TPSA) is 0 Å². The van der Waals surface area contributed by atoms with Gasteiger partial charge in [0.2, 0.25) is 0 Å². The van der Waals surface area contributed by atoms with E-state index in [1.807, 2.05) is 0 Å². The van der Waals surface area contributed by atoms with Crippen LogP contribution in [0.3, 0.4) is 0 Å². The summed E-state index contributed by atoms with van der Waals surface area (Å²) in [6.07, 6.45) is 0. The van der Waals surface area contributed by atoms with Crippen LogP contribution < -0.4 is 0 Å². The fraction of sp³-hybridized carbons (Fsp3) is 0. The van der Waals surface area contributed by atoms with E-state index < -0.39 is 418 Å². The van der Waals surface area contributed by atoms with Crippen LogP contribution in [-0.2, 0) is 0 Å². The fourth-order valence-corrected chi connectivity index (χ4v) is 21400. The predicted octanol–water partition coefficient (Wildman–Crippen LogP) is 95.7. The summed E-state index contributed by atoms with van der Waals surface area (Å²) < 4.78 is 0. The molecular formula is I108. The molecule has 0 radical (unpaired) electrons. The quantitative estimate of drug-likeness (QED) is 0.0533. The van der Waals surface area contributed by atoms with Crippen LogP contribution in [0.15, 0.2) is 0 Å². The standard InChI is InChI=1S/I108/c1-56(2)58(5)60(7)62(9)64(11)66(13)68(15)70(17)72(19)74(21)76(23)78(25)80(27)82(29)84(31)86(33)88(35)90(37)92(39)94(41)96(43)98(45)100(47)102(49)104(51)106(53)108(55)107(54)105(52)103(50)101(48)99(46)97(44)95(42)93(40)91(38)89(36)87(34)85(32)83(30)81(28)79(26)77(24)75(22)73(20)71(18)69(16)67(14)65(12)63(10)61(8)59(6)57(3)4. The van der Waals surface area contributed by atoms with Gasteiger partial charge in [-0.15, -0.1) is 0 Å². The molecule has 0 aromatic heterocycles. The van der Waals surface area contributed by atoms with Crippen molar-refractivity contribution >= 4 is 1440 Å². The van der Waals surface area contributed by atoms with Crippen LogP contribution in [0.2, 0.25) is 0 Å². The molecule has 108 heavy (non-hydrogen) atoms. The number of halogens is 108. The van der Waals surface area contributed by atoms with Gasteiger partial charge in [0, 0.05) is 0 Å². The van der Waals surface area contributed by atoms with Crippen LogP contribution in [-0.4, -0.2) is 0 Å². The van der Waals surface area contributed by atoms with Crippen molar-refractivity contribution in [3.05, 3.63) is 0 Å². The minimum atomic E-state index is -0.667. The van der Waals surface area contributed by atoms with E-state index in [-0.39, 0.29) is 0 Å². The molecule has 0 aromatic rings. The van der Waals surface area contributed by atoms with E-state index in [1.165, 1.54) is 0 Å². The minimum absolute atomic E-state index is 0.493. The van der Waals surface area contributed by atoms with Crippen LogP contribution >= 0.6 is 1440 Å². The number of hydrogen-bond donors (Lipinski definition) is 0. The average Bonchev–Trinajstić information content (AvgIpc) is 0.832. The zero-order chi connectivity index (χ0) is 85.6. The molecule has 0 bridgehead atoms. The van der Waals surface area contributed by atoms with E-state index in [9.17, 15) is 0 Å². The third-order valence-electron chi connectivity index (χ3n) is 4.24. The summed E-state index contributed by atoms with van der Waals surface area (Å²) >= 11 is 187. The van der Waals surface area contributed by atoms with Gasteiger partial charge in [-0.3, -0.25) is 0 Å². The van der Waals surface area contributed by atoms with Crippen molar-refractivity contribution in [3.8, 4) is 0 Å². The predicted molar refractivity (Wildman–Crippen MR) is 1510 cm³/mol. The first-order valence-corrected chi connectivity index (χ1v) is 688. The Morgan fingerprint density at radius 1 is 0.0463 bits per heavy atom. The van der Waals surface area contributed by atoms with Gasteiger partial charge in [0.1, 0.15) is 0 Å². The Morgan fingerprint density at radius 2 is 0.0741 bits per heavy atom. The van der Waals surface area contributed by atoms with Crippen molar-refractivity contribution in [2.24, 2.45) is 0 Å². The average molecular weight is 13700 g/mol. The van der Waals surface area contributed by atoms with Crippen molar-refractivity contribution in [2.45, 2.75) is 0 Å². The molecule has 0 aliphatic heterocycles. The Balaban J connectivity index is 5.93. The van der Waals surface area contributed by atoms with E-state index >= 15 is 0 Å². The van der Waals surface area contributed by atoms with Crippen LogP contribution in [0.5, 0.6) is 0 Å². The van der Waals surface area contributed by atoms with Crippen LogP contribution in [0.25, 0.3) is 0 Å². The monoisotopic (exact) mass is 13700 g/mol. The van der Waals surface area contributed by atoms with E-state index in [2.05, 4.69) is 1020 Å². The molecule has 0 nitrogen and oxygen atoms in total. The van der Waals surface area contributed by atoms with E-state index in [4.69, 9.17) is 0 Å². The summed E-state index contributed by atoms with van der Waals surface area (Å²) in [5, 5.41) is 0. The molecule has 0 aromatic carbocycles. The van der Waals surface area contributed by atoms with Crippen molar-refractivity contribution in [1.29, 1.82) is 0 Å². The molecule has 0 amide bonds. The maximum atomic E-state index is 3.49. The molecule has 0 saturated carbocycles. The second-order valence-electron chi connectivity index (χ2n) is 8.59. The second kappa shape index (κ2) is 112. The molecule has 0 N–H and O–H groups in total. The molecule has 108 heteroatoms. The zero-order valence-electron chi connectivity index (χ0n) is 40.8. The molecular weight excluding hydrogens is 13700 g/mol. The van der Waals surface area contributed by atoms with Gasteiger partial charge in [0.25, 0.3) is 0 Å². The molecule has 756 valence electrons. The van der Waals surface area contributed by atoms with Gasteiger partial charge >= 0.3 is 1440 Å². The van der Waals surface area contributed by atoms with E-state index in [0.717, 1.165) is 0 Å². The number of rotatable bonds is 52. The van der Waals surface area contributed by atoms with Gasteiger partial charge in [-0.1, -0.05) is 0 Å². The van der Waals surface area contributed by atoms with Gasteiger partial charge in [0.05, 0.1) is 0 Å². The second-order valence-corrected chi connectivity index (χ2v) is 2590. The van der Waals surface area contributed by atoms with Crippen LogP contribution in [0, 0.1) is 0 Å². The van der Waals surface area contributed by atoms with Crippen LogP contribution in [0.4, 0.5) is 0 Å². The zero-order valence-corrected chi connectivity index (χ0v) is 274. The normalized spacial score (nSPS) is 19.2. The van der Waals surface area contributed by atoms with Gasteiger partial charge in [-0.25, -0.2) is 0 Å².